The normalized spacial score (nSPS) is 12.1. The molecule has 2 N–H and O–H groups in total. The van der Waals surface area contributed by atoms with Crippen LogP contribution in [0.5, 0.6) is 5.75 Å². The summed E-state index contributed by atoms with van der Waals surface area (Å²) in [5.74, 6) is 1.70. The minimum Gasteiger partial charge on any atom is -0.488 e. The van der Waals surface area contributed by atoms with Gasteiger partial charge in [-0.15, -0.1) is 11.3 Å². The molecule has 5 nitrogen and oxygen atoms in total. The van der Waals surface area contributed by atoms with Gasteiger partial charge in [0.05, 0.1) is 5.01 Å². The Bertz CT molecular complexity index is 719. The van der Waals surface area contributed by atoms with Crippen LogP contribution in [0.15, 0.2) is 34.6 Å². The van der Waals surface area contributed by atoms with E-state index in [1.165, 1.54) is 5.01 Å². The van der Waals surface area contributed by atoms with Gasteiger partial charge in [-0.25, -0.2) is 4.98 Å². The summed E-state index contributed by atoms with van der Waals surface area (Å²) in [6, 6.07) is 8.11. The lowest BCUT2D eigenvalue weighted by molar-refractivity contribution is 0.129. The van der Waals surface area contributed by atoms with Crippen molar-refractivity contribution in [2.24, 2.45) is 4.99 Å². The van der Waals surface area contributed by atoms with Crippen molar-refractivity contribution in [3.63, 3.8) is 0 Å². The van der Waals surface area contributed by atoms with Crippen molar-refractivity contribution in [1.29, 1.82) is 0 Å². The Balaban J connectivity index is 1.80. The highest BCUT2D eigenvalue weighted by molar-refractivity contribution is 7.09. The van der Waals surface area contributed by atoms with Crippen LogP contribution < -0.4 is 15.4 Å². The van der Waals surface area contributed by atoms with Crippen molar-refractivity contribution >= 4 is 17.3 Å². The van der Waals surface area contributed by atoms with Crippen LogP contribution in [-0.2, 0) is 13.0 Å². The summed E-state index contributed by atoms with van der Waals surface area (Å²) >= 11 is 1.73. The molecule has 0 spiro atoms. The Kier molecular flexibility index (Phi) is 7.45. The van der Waals surface area contributed by atoms with Crippen molar-refractivity contribution in [2.45, 2.75) is 52.7 Å². The first-order chi connectivity index (χ1) is 12.4. The van der Waals surface area contributed by atoms with Gasteiger partial charge in [0.2, 0.25) is 0 Å². The van der Waals surface area contributed by atoms with Gasteiger partial charge in [-0.1, -0.05) is 18.2 Å². The highest BCUT2D eigenvalue weighted by Crippen LogP contribution is 2.22. The van der Waals surface area contributed by atoms with Gasteiger partial charge in [0.1, 0.15) is 11.4 Å². The second kappa shape index (κ2) is 9.57. The van der Waals surface area contributed by atoms with E-state index in [4.69, 9.17) is 4.74 Å². The van der Waals surface area contributed by atoms with Gasteiger partial charge >= 0.3 is 0 Å². The summed E-state index contributed by atoms with van der Waals surface area (Å²) in [4.78, 5) is 8.79. The molecule has 0 unspecified atom stereocenters. The molecule has 1 heterocycles. The molecule has 0 radical (unpaired) electrons. The van der Waals surface area contributed by atoms with Crippen molar-refractivity contribution in [3.05, 3.63) is 45.9 Å². The highest BCUT2D eigenvalue weighted by atomic mass is 32.1. The summed E-state index contributed by atoms with van der Waals surface area (Å²) in [7, 11) is 1.79. The minimum atomic E-state index is -0.218. The lowest BCUT2D eigenvalue weighted by Gasteiger charge is -2.23. The number of nitrogens with one attached hydrogen (secondary N) is 2. The van der Waals surface area contributed by atoms with E-state index in [1.54, 1.807) is 18.4 Å². The Labute approximate surface area is 160 Å². The van der Waals surface area contributed by atoms with E-state index in [2.05, 4.69) is 52.8 Å². The summed E-state index contributed by atoms with van der Waals surface area (Å²) < 4.78 is 6.04. The van der Waals surface area contributed by atoms with Gasteiger partial charge < -0.3 is 15.4 Å². The molecular formula is C20H30N4OS. The van der Waals surface area contributed by atoms with E-state index in [1.807, 2.05) is 25.1 Å². The summed E-state index contributed by atoms with van der Waals surface area (Å²) in [6.45, 7) is 9.73. The van der Waals surface area contributed by atoms with Crippen LogP contribution in [0.2, 0.25) is 0 Å². The number of aliphatic imine (C=N–C) groups is 1. The number of aryl methyl sites for hydroxylation is 2. The van der Waals surface area contributed by atoms with Gasteiger partial charge in [-0.05, 0) is 40.2 Å². The number of ether oxygens (including phenoxy) is 1. The molecule has 142 valence electrons. The third-order valence-corrected chi connectivity index (χ3v) is 4.61. The monoisotopic (exact) mass is 374 g/mol. The molecule has 6 heteroatoms. The molecule has 0 saturated heterocycles. The highest BCUT2D eigenvalue weighted by Gasteiger charge is 2.14. The smallest absolute Gasteiger partial charge is 0.191 e. The fourth-order valence-electron chi connectivity index (χ4n) is 2.44. The fourth-order valence-corrected chi connectivity index (χ4v) is 3.26. The molecule has 1 aromatic heterocycles. The van der Waals surface area contributed by atoms with Crippen molar-refractivity contribution in [2.75, 3.05) is 13.6 Å². The molecule has 0 bridgehead atoms. The quantitative estimate of drug-likeness (QED) is 0.438. The van der Waals surface area contributed by atoms with Crippen molar-refractivity contribution < 1.29 is 4.74 Å². The van der Waals surface area contributed by atoms with E-state index in [0.717, 1.165) is 42.4 Å². The molecule has 0 fully saturated rings. The molecular weight excluding hydrogens is 344 g/mol. The first-order valence-electron chi connectivity index (χ1n) is 9.00. The number of hydrogen-bond donors (Lipinski definition) is 2. The molecule has 26 heavy (non-hydrogen) atoms. The Morgan fingerprint density at radius 1 is 1.23 bits per heavy atom. The number of hydrogen-bond acceptors (Lipinski definition) is 4. The Morgan fingerprint density at radius 3 is 2.65 bits per heavy atom. The number of aromatic nitrogens is 1. The summed E-state index contributed by atoms with van der Waals surface area (Å²) in [5, 5.41) is 10.0. The molecule has 2 aromatic rings. The standard InChI is InChI=1S/C20H30N4OS/c1-15-14-26-18(24-15)11-8-12-22-19(21-5)23-13-16-9-6-7-10-17(16)25-20(2,3)4/h6-7,9-10,14H,8,11-13H2,1-5H3,(H2,21,22,23). The average molecular weight is 375 g/mol. The predicted molar refractivity (Wildman–Crippen MR) is 110 cm³/mol. The first-order valence-corrected chi connectivity index (χ1v) is 9.88. The second-order valence-corrected chi connectivity index (χ2v) is 8.10. The molecule has 0 atom stereocenters. The minimum absolute atomic E-state index is 0.218. The molecule has 0 aliphatic carbocycles. The van der Waals surface area contributed by atoms with Crippen LogP contribution in [0, 0.1) is 6.92 Å². The van der Waals surface area contributed by atoms with E-state index < -0.39 is 0 Å². The van der Waals surface area contributed by atoms with Gasteiger partial charge in [-0.2, -0.15) is 0 Å². The van der Waals surface area contributed by atoms with Gasteiger partial charge in [0.25, 0.3) is 0 Å². The average Bonchev–Trinajstić information content (AvgIpc) is 2.99. The number of benzene rings is 1. The molecule has 1 aromatic carbocycles. The largest absolute Gasteiger partial charge is 0.488 e. The Morgan fingerprint density at radius 2 is 2.00 bits per heavy atom. The molecule has 2 rings (SSSR count). The zero-order valence-corrected chi connectivity index (χ0v) is 17.2. The van der Waals surface area contributed by atoms with Gasteiger partial charge in [0.15, 0.2) is 5.96 Å². The van der Waals surface area contributed by atoms with Crippen LogP contribution in [0.3, 0.4) is 0 Å². The molecule has 0 amide bonds. The fraction of sp³-hybridized carbons (Fsp3) is 0.500. The van der Waals surface area contributed by atoms with Crippen LogP contribution in [-0.4, -0.2) is 30.1 Å². The number of nitrogens with zero attached hydrogens (tertiary/aromatic N) is 2. The molecule has 0 aliphatic heterocycles. The number of guanidine groups is 1. The lowest BCUT2D eigenvalue weighted by atomic mass is 10.1. The predicted octanol–water partition coefficient (Wildman–Crippen LogP) is 3.93. The molecule has 0 saturated carbocycles. The van der Waals surface area contributed by atoms with E-state index in [9.17, 15) is 0 Å². The zero-order chi connectivity index (χ0) is 19.0. The maximum atomic E-state index is 6.04. The van der Waals surface area contributed by atoms with Crippen molar-refractivity contribution in [1.82, 2.24) is 15.6 Å². The number of thiazole rings is 1. The van der Waals surface area contributed by atoms with Crippen LogP contribution in [0.4, 0.5) is 0 Å². The third-order valence-electron chi connectivity index (χ3n) is 3.59. The van der Waals surface area contributed by atoms with E-state index in [0.29, 0.717) is 6.54 Å². The summed E-state index contributed by atoms with van der Waals surface area (Å²) in [5.41, 5.74) is 2.00. The lowest BCUT2D eigenvalue weighted by Crippen LogP contribution is -2.37. The van der Waals surface area contributed by atoms with E-state index in [-0.39, 0.29) is 5.60 Å². The number of para-hydroxylation sites is 1. The summed E-state index contributed by atoms with van der Waals surface area (Å²) in [6.07, 6.45) is 2.02. The third kappa shape index (κ3) is 7.04. The topological polar surface area (TPSA) is 58.5 Å². The van der Waals surface area contributed by atoms with Crippen LogP contribution in [0.25, 0.3) is 0 Å². The maximum absolute atomic E-state index is 6.04. The SMILES string of the molecule is CN=C(NCCCc1nc(C)cs1)NCc1ccccc1OC(C)(C)C. The number of rotatable bonds is 7. The van der Waals surface area contributed by atoms with Crippen LogP contribution >= 0.6 is 11.3 Å². The Hall–Kier alpha value is -2.08. The van der Waals surface area contributed by atoms with E-state index >= 15 is 0 Å². The zero-order valence-electron chi connectivity index (χ0n) is 16.4. The van der Waals surface area contributed by atoms with Crippen molar-refractivity contribution in [3.8, 4) is 5.75 Å². The molecule has 0 aliphatic rings. The maximum Gasteiger partial charge on any atom is 0.191 e. The first kappa shape index (κ1) is 20.2. The second-order valence-electron chi connectivity index (χ2n) is 7.16. The van der Waals surface area contributed by atoms with Gasteiger partial charge in [-0.3, -0.25) is 4.99 Å². The van der Waals surface area contributed by atoms with Crippen LogP contribution in [0.1, 0.15) is 43.5 Å². The van der Waals surface area contributed by atoms with Gasteiger partial charge in [0, 0.05) is 43.2 Å².